The quantitative estimate of drug-likeness (QED) is 0.911. The van der Waals surface area contributed by atoms with Crippen LogP contribution in [0.4, 0.5) is 10.1 Å². The molecule has 0 spiro atoms. The number of amides is 1. The summed E-state index contributed by atoms with van der Waals surface area (Å²) in [6.45, 7) is 0. The van der Waals surface area contributed by atoms with Crippen molar-refractivity contribution in [3.05, 3.63) is 64.4 Å². The molecule has 0 saturated heterocycles. The Bertz CT molecular complexity index is 688. The first-order chi connectivity index (χ1) is 9.47. The van der Waals surface area contributed by atoms with E-state index in [9.17, 15) is 14.0 Å². The largest absolute Gasteiger partial charge is 0.478 e. The minimum absolute atomic E-state index is 0.0102. The molecular weight excluding hydrogens is 285 g/mol. The number of anilines is 1. The van der Waals surface area contributed by atoms with E-state index in [1.54, 1.807) is 0 Å². The molecule has 1 amide bonds. The van der Waals surface area contributed by atoms with E-state index in [-0.39, 0.29) is 21.8 Å². The number of hydrogen-bond donors (Lipinski definition) is 2. The predicted octanol–water partition coefficient (Wildman–Crippen LogP) is 3.43. The van der Waals surface area contributed by atoms with E-state index in [1.807, 2.05) is 0 Å². The van der Waals surface area contributed by atoms with E-state index in [2.05, 4.69) is 5.32 Å². The van der Waals surface area contributed by atoms with E-state index in [0.29, 0.717) is 0 Å². The van der Waals surface area contributed by atoms with Gasteiger partial charge in [0, 0.05) is 5.56 Å². The van der Waals surface area contributed by atoms with Crippen molar-refractivity contribution in [3.8, 4) is 0 Å². The van der Waals surface area contributed by atoms with Gasteiger partial charge in [-0.25, -0.2) is 9.18 Å². The van der Waals surface area contributed by atoms with E-state index in [0.717, 1.165) is 6.07 Å². The first kappa shape index (κ1) is 14.0. The standard InChI is InChI=1S/C14H9ClFNO3/c15-11-5-4-9(14(19)20)7-12(11)17-13(18)8-2-1-3-10(16)6-8/h1-7H,(H,17,18)(H,19,20). The average Bonchev–Trinajstić information content (AvgIpc) is 2.41. The summed E-state index contributed by atoms with van der Waals surface area (Å²) in [5.74, 6) is -2.25. The third-order valence-corrected chi connectivity index (χ3v) is 2.88. The lowest BCUT2D eigenvalue weighted by Gasteiger charge is -2.08. The Hall–Kier alpha value is -2.40. The topological polar surface area (TPSA) is 66.4 Å². The van der Waals surface area contributed by atoms with Gasteiger partial charge in [0.1, 0.15) is 5.82 Å². The monoisotopic (exact) mass is 293 g/mol. The number of carbonyl (C=O) groups is 2. The van der Waals surface area contributed by atoms with Crippen LogP contribution >= 0.6 is 11.6 Å². The van der Waals surface area contributed by atoms with Gasteiger partial charge in [-0.1, -0.05) is 17.7 Å². The Morgan fingerprint density at radius 3 is 2.50 bits per heavy atom. The van der Waals surface area contributed by atoms with Gasteiger partial charge in [-0.3, -0.25) is 4.79 Å². The Balaban J connectivity index is 2.27. The first-order valence-electron chi connectivity index (χ1n) is 5.57. The summed E-state index contributed by atoms with van der Waals surface area (Å²) < 4.78 is 13.0. The molecule has 0 bridgehead atoms. The van der Waals surface area contributed by atoms with Crippen LogP contribution in [-0.2, 0) is 0 Å². The van der Waals surface area contributed by atoms with E-state index in [4.69, 9.17) is 16.7 Å². The van der Waals surface area contributed by atoms with Gasteiger partial charge < -0.3 is 10.4 Å². The highest BCUT2D eigenvalue weighted by Crippen LogP contribution is 2.23. The number of carboxylic acids is 1. The van der Waals surface area contributed by atoms with E-state index >= 15 is 0 Å². The molecule has 2 rings (SSSR count). The van der Waals surface area contributed by atoms with E-state index in [1.165, 1.54) is 36.4 Å². The lowest BCUT2D eigenvalue weighted by atomic mass is 10.1. The molecule has 20 heavy (non-hydrogen) atoms. The van der Waals surface area contributed by atoms with Gasteiger partial charge in [0.2, 0.25) is 0 Å². The molecule has 2 aromatic carbocycles. The second-order valence-electron chi connectivity index (χ2n) is 3.96. The summed E-state index contributed by atoms with van der Waals surface area (Å²) in [6.07, 6.45) is 0. The van der Waals surface area contributed by atoms with Crippen LogP contribution in [0.5, 0.6) is 0 Å². The van der Waals surface area contributed by atoms with Crippen LogP contribution < -0.4 is 5.32 Å². The molecule has 0 aliphatic heterocycles. The normalized spacial score (nSPS) is 10.1. The minimum Gasteiger partial charge on any atom is -0.478 e. The van der Waals surface area contributed by atoms with Crippen molar-refractivity contribution < 1.29 is 19.1 Å². The second-order valence-corrected chi connectivity index (χ2v) is 4.37. The molecule has 0 aliphatic carbocycles. The fourth-order valence-electron chi connectivity index (χ4n) is 1.58. The van der Waals surface area contributed by atoms with Crippen molar-refractivity contribution in [3.63, 3.8) is 0 Å². The van der Waals surface area contributed by atoms with Gasteiger partial charge in [0.15, 0.2) is 0 Å². The molecule has 6 heteroatoms. The fourth-order valence-corrected chi connectivity index (χ4v) is 1.74. The number of carbonyl (C=O) groups excluding carboxylic acids is 1. The highest BCUT2D eigenvalue weighted by atomic mass is 35.5. The Morgan fingerprint density at radius 2 is 1.85 bits per heavy atom. The van der Waals surface area contributed by atoms with Crippen LogP contribution in [0.2, 0.25) is 5.02 Å². The maximum atomic E-state index is 13.0. The summed E-state index contributed by atoms with van der Waals surface area (Å²) in [7, 11) is 0. The van der Waals surface area contributed by atoms with Crippen molar-refractivity contribution in [2.24, 2.45) is 0 Å². The Kier molecular flexibility index (Phi) is 4.00. The van der Waals surface area contributed by atoms with Crippen LogP contribution in [0.1, 0.15) is 20.7 Å². The Morgan fingerprint density at radius 1 is 1.10 bits per heavy atom. The predicted molar refractivity (Wildman–Crippen MR) is 72.8 cm³/mol. The average molecular weight is 294 g/mol. The van der Waals surface area contributed by atoms with Gasteiger partial charge in [-0.2, -0.15) is 0 Å². The van der Waals surface area contributed by atoms with Crippen LogP contribution in [0.3, 0.4) is 0 Å². The summed E-state index contributed by atoms with van der Waals surface area (Å²) >= 11 is 5.88. The van der Waals surface area contributed by atoms with Crippen molar-refractivity contribution in [1.29, 1.82) is 0 Å². The van der Waals surface area contributed by atoms with E-state index < -0.39 is 17.7 Å². The second kappa shape index (κ2) is 5.71. The maximum absolute atomic E-state index is 13.0. The van der Waals surface area contributed by atoms with Gasteiger partial charge in [0.25, 0.3) is 5.91 Å². The molecule has 4 nitrogen and oxygen atoms in total. The van der Waals surface area contributed by atoms with Gasteiger partial charge in [-0.05, 0) is 36.4 Å². The molecule has 0 radical (unpaired) electrons. The molecule has 102 valence electrons. The molecule has 0 atom stereocenters. The smallest absolute Gasteiger partial charge is 0.335 e. The van der Waals surface area contributed by atoms with Crippen molar-refractivity contribution >= 4 is 29.2 Å². The molecular formula is C14H9ClFNO3. The van der Waals surface area contributed by atoms with Crippen LogP contribution in [-0.4, -0.2) is 17.0 Å². The number of halogens is 2. The third kappa shape index (κ3) is 3.13. The molecule has 0 heterocycles. The number of benzene rings is 2. The molecule has 0 unspecified atom stereocenters. The molecule has 2 N–H and O–H groups in total. The first-order valence-corrected chi connectivity index (χ1v) is 5.95. The number of aromatic carboxylic acids is 1. The fraction of sp³-hybridized carbons (Fsp3) is 0. The van der Waals surface area contributed by atoms with Crippen molar-refractivity contribution in [1.82, 2.24) is 0 Å². The number of rotatable bonds is 3. The molecule has 0 aliphatic rings. The summed E-state index contributed by atoms with van der Waals surface area (Å²) in [4.78, 5) is 22.8. The van der Waals surface area contributed by atoms with Gasteiger partial charge in [0.05, 0.1) is 16.3 Å². The van der Waals surface area contributed by atoms with Crippen molar-refractivity contribution in [2.45, 2.75) is 0 Å². The third-order valence-electron chi connectivity index (χ3n) is 2.55. The number of carboxylic acid groups (broad SMARTS) is 1. The van der Waals surface area contributed by atoms with Crippen molar-refractivity contribution in [2.75, 3.05) is 5.32 Å². The number of hydrogen-bond acceptors (Lipinski definition) is 2. The number of nitrogens with one attached hydrogen (secondary N) is 1. The highest BCUT2D eigenvalue weighted by molar-refractivity contribution is 6.34. The van der Waals surface area contributed by atoms with Gasteiger partial charge in [-0.15, -0.1) is 0 Å². The molecule has 0 saturated carbocycles. The summed E-state index contributed by atoms with van der Waals surface area (Å²) in [6, 6.07) is 9.06. The van der Waals surface area contributed by atoms with Crippen LogP contribution in [0.15, 0.2) is 42.5 Å². The lowest BCUT2D eigenvalue weighted by molar-refractivity contribution is 0.0696. The summed E-state index contributed by atoms with van der Waals surface area (Å²) in [5, 5.41) is 11.5. The zero-order valence-corrected chi connectivity index (χ0v) is 10.8. The molecule has 2 aromatic rings. The highest BCUT2D eigenvalue weighted by Gasteiger charge is 2.12. The Labute approximate surface area is 118 Å². The maximum Gasteiger partial charge on any atom is 0.335 e. The van der Waals surface area contributed by atoms with Crippen LogP contribution in [0.25, 0.3) is 0 Å². The van der Waals surface area contributed by atoms with Gasteiger partial charge >= 0.3 is 5.97 Å². The zero-order valence-electron chi connectivity index (χ0n) is 10.1. The minimum atomic E-state index is -1.14. The summed E-state index contributed by atoms with van der Waals surface area (Å²) in [5.41, 5.74) is 0.256. The van der Waals surface area contributed by atoms with Crippen LogP contribution in [0, 0.1) is 5.82 Å². The molecule has 0 aromatic heterocycles. The molecule has 0 fully saturated rings. The lowest BCUT2D eigenvalue weighted by Crippen LogP contribution is -2.13. The zero-order chi connectivity index (χ0) is 14.7. The SMILES string of the molecule is O=C(O)c1ccc(Cl)c(NC(=O)c2cccc(F)c2)c1.